The van der Waals surface area contributed by atoms with Crippen molar-refractivity contribution in [3.63, 3.8) is 0 Å². The van der Waals surface area contributed by atoms with Crippen LogP contribution in [0.25, 0.3) is 0 Å². The summed E-state index contributed by atoms with van der Waals surface area (Å²) in [5.74, 6) is 0.521. The molecule has 1 spiro atoms. The molecule has 1 aromatic heterocycles. The lowest BCUT2D eigenvalue weighted by Gasteiger charge is -2.39. The largest absolute Gasteiger partial charge is 0.497 e. The first-order valence-electron chi connectivity index (χ1n) is 9.46. The average Bonchev–Trinajstić information content (AvgIpc) is 3.32. The normalized spacial score (nSPS) is 23.3. The van der Waals surface area contributed by atoms with Gasteiger partial charge in [-0.1, -0.05) is 6.07 Å². The molecule has 0 saturated carbocycles. The van der Waals surface area contributed by atoms with Crippen LogP contribution in [0.2, 0.25) is 0 Å². The first-order valence-corrected chi connectivity index (χ1v) is 10.3. The highest BCUT2D eigenvalue weighted by atomic mass is 32.1. The van der Waals surface area contributed by atoms with Gasteiger partial charge < -0.3 is 9.64 Å². The molecular weight excluding hydrogens is 363 g/mol. The maximum atomic E-state index is 14.2. The van der Waals surface area contributed by atoms with E-state index in [-0.39, 0.29) is 17.1 Å². The Balaban J connectivity index is 1.47. The van der Waals surface area contributed by atoms with E-state index in [4.69, 9.17) is 4.74 Å². The second-order valence-corrected chi connectivity index (χ2v) is 8.64. The van der Waals surface area contributed by atoms with Crippen molar-refractivity contribution in [1.82, 2.24) is 9.80 Å². The van der Waals surface area contributed by atoms with Crippen molar-refractivity contribution in [2.45, 2.75) is 32.4 Å². The number of thiophene rings is 1. The maximum Gasteiger partial charge on any atom is 0.230 e. The van der Waals surface area contributed by atoms with Crippen LogP contribution in [0.1, 0.15) is 29.7 Å². The van der Waals surface area contributed by atoms with Crippen molar-refractivity contribution >= 4 is 17.2 Å². The number of benzene rings is 1. The van der Waals surface area contributed by atoms with E-state index in [1.807, 2.05) is 4.90 Å². The van der Waals surface area contributed by atoms with Crippen LogP contribution in [0.15, 0.2) is 35.7 Å². The zero-order valence-electron chi connectivity index (χ0n) is 15.6. The highest BCUT2D eigenvalue weighted by Gasteiger charge is 2.48. The summed E-state index contributed by atoms with van der Waals surface area (Å²) in [6, 6.07) is 8.94. The topological polar surface area (TPSA) is 32.8 Å². The Morgan fingerprint density at radius 1 is 1.22 bits per heavy atom. The van der Waals surface area contributed by atoms with Crippen molar-refractivity contribution in [2.75, 3.05) is 26.7 Å². The number of methoxy groups -OCH3 is 1. The van der Waals surface area contributed by atoms with Gasteiger partial charge >= 0.3 is 0 Å². The van der Waals surface area contributed by atoms with E-state index in [2.05, 4.69) is 22.4 Å². The molecule has 1 amide bonds. The van der Waals surface area contributed by atoms with Crippen LogP contribution in [-0.2, 0) is 17.9 Å². The molecule has 144 valence electrons. The third-order valence-corrected chi connectivity index (χ3v) is 6.69. The molecule has 4 nitrogen and oxygen atoms in total. The van der Waals surface area contributed by atoms with E-state index in [9.17, 15) is 9.18 Å². The number of nitrogens with zero attached hydrogens (tertiary/aromatic N) is 2. The minimum Gasteiger partial charge on any atom is -0.497 e. The van der Waals surface area contributed by atoms with Gasteiger partial charge in [-0.25, -0.2) is 4.39 Å². The van der Waals surface area contributed by atoms with E-state index >= 15 is 0 Å². The second kappa shape index (κ2) is 7.60. The first-order chi connectivity index (χ1) is 13.1. The second-order valence-electron chi connectivity index (χ2n) is 7.61. The van der Waals surface area contributed by atoms with E-state index in [1.54, 1.807) is 30.6 Å². The Bertz CT molecular complexity index is 811. The lowest BCUT2D eigenvalue weighted by atomic mass is 9.78. The fourth-order valence-corrected chi connectivity index (χ4v) is 5.15. The lowest BCUT2D eigenvalue weighted by molar-refractivity contribution is -0.146. The summed E-state index contributed by atoms with van der Waals surface area (Å²) in [6.45, 7) is 3.68. The summed E-state index contributed by atoms with van der Waals surface area (Å²) < 4.78 is 19.4. The molecule has 2 aromatic rings. The highest BCUT2D eigenvalue weighted by molar-refractivity contribution is 7.09. The predicted molar refractivity (Wildman–Crippen MR) is 104 cm³/mol. The van der Waals surface area contributed by atoms with Crippen LogP contribution in [0, 0.1) is 11.2 Å². The molecule has 2 aliphatic heterocycles. The van der Waals surface area contributed by atoms with Gasteiger partial charge in [0.15, 0.2) is 0 Å². The molecule has 4 rings (SSSR count). The van der Waals surface area contributed by atoms with Gasteiger partial charge in [-0.2, -0.15) is 0 Å². The number of carbonyl (C=O) groups is 1. The minimum absolute atomic E-state index is 0.185. The smallest absolute Gasteiger partial charge is 0.230 e. The van der Waals surface area contributed by atoms with E-state index in [0.717, 1.165) is 38.9 Å². The molecular formula is C21H25FN2O2S. The van der Waals surface area contributed by atoms with E-state index < -0.39 is 0 Å². The molecule has 6 heteroatoms. The van der Waals surface area contributed by atoms with Gasteiger partial charge in [0.2, 0.25) is 5.91 Å². The molecule has 27 heavy (non-hydrogen) atoms. The fraction of sp³-hybridized carbons (Fsp3) is 0.476. The van der Waals surface area contributed by atoms with Crippen LogP contribution >= 0.6 is 11.3 Å². The van der Waals surface area contributed by atoms with E-state index in [1.165, 1.54) is 10.9 Å². The van der Waals surface area contributed by atoms with Crippen molar-refractivity contribution in [2.24, 2.45) is 5.41 Å². The summed E-state index contributed by atoms with van der Waals surface area (Å²) in [4.78, 5) is 18.9. The van der Waals surface area contributed by atoms with Crippen molar-refractivity contribution in [3.8, 4) is 5.75 Å². The molecule has 0 radical (unpaired) electrons. The number of piperidine rings is 1. The van der Waals surface area contributed by atoms with Gasteiger partial charge in [0.1, 0.15) is 11.6 Å². The SMILES string of the molecule is COc1ccc(F)c(CN2CCC[C@]3(CCN(Cc4cccs4)C3)C2=O)c1. The summed E-state index contributed by atoms with van der Waals surface area (Å²) in [6.07, 6.45) is 2.81. The summed E-state index contributed by atoms with van der Waals surface area (Å²) in [5.41, 5.74) is 0.221. The minimum atomic E-state index is -0.301. The summed E-state index contributed by atoms with van der Waals surface area (Å²) >= 11 is 1.76. The molecule has 1 aromatic carbocycles. The maximum absolute atomic E-state index is 14.2. The van der Waals surface area contributed by atoms with Crippen molar-refractivity contribution < 1.29 is 13.9 Å². The number of hydrogen-bond acceptors (Lipinski definition) is 4. The van der Waals surface area contributed by atoms with Gasteiger partial charge in [0, 0.05) is 36.6 Å². The van der Waals surface area contributed by atoms with E-state index in [0.29, 0.717) is 24.4 Å². The quantitative estimate of drug-likeness (QED) is 0.779. The zero-order chi connectivity index (χ0) is 18.9. The van der Waals surface area contributed by atoms with Crippen LogP contribution in [0.5, 0.6) is 5.75 Å². The number of halogens is 1. The lowest BCUT2D eigenvalue weighted by Crippen LogP contribution is -2.49. The molecule has 1 atom stereocenters. The Labute approximate surface area is 163 Å². The number of rotatable bonds is 5. The molecule has 2 aliphatic rings. The van der Waals surface area contributed by atoms with Gasteiger partial charge in [-0.15, -0.1) is 11.3 Å². The van der Waals surface area contributed by atoms with Gasteiger partial charge in [-0.05, 0) is 55.5 Å². The molecule has 3 heterocycles. The summed E-state index contributed by atoms with van der Waals surface area (Å²) in [7, 11) is 1.57. The molecule has 0 N–H and O–H groups in total. The first kappa shape index (κ1) is 18.4. The Morgan fingerprint density at radius 3 is 2.89 bits per heavy atom. The number of amides is 1. The predicted octanol–water partition coefficient (Wildman–Crippen LogP) is 3.91. The number of carbonyl (C=O) groups excluding carboxylic acids is 1. The zero-order valence-corrected chi connectivity index (χ0v) is 16.4. The van der Waals surface area contributed by atoms with Gasteiger partial charge in [0.05, 0.1) is 12.5 Å². The molecule has 0 bridgehead atoms. The molecule has 0 unspecified atom stereocenters. The van der Waals surface area contributed by atoms with Crippen molar-refractivity contribution in [1.29, 1.82) is 0 Å². The summed E-state index contributed by atoms with van der Waals surface area (Å²) in [5, 5.41) is 2.09. The van der Waals surface area contributed by atoms with Crippen molar-refractivity contribution in [3.05, 3.63) is 52.0 Å². The van der Waals surface area contributed by atoms with Crippen LogP contribution in [0.4, 0.5) is 4.39 Å². The Kier molecular flexibility index (Phi) is 5.19. The third kappa shape index (κ3) is 3.73. The van der Waals surface area contributed by atoms with Crippen LogP contribution in [0.3, 0.4) is 0 Å². The molecule has 0 aliphatic carbocycles. The third-order valence-electron chi connectivity index (χ3n) is 5.83. The van der Waals surface area contributed by atoms with Gasteiger partial charge in [0.25, 0.3) is 0 Å². The monoisotopic (exact) mass is 388 g/mol. The molecule has 2 saturated heterocycles. The van der Waals surface area contributed by atoms with Crippen LogP contribution < -0.4 is 4.74 Å². The standard InChI is InChI=1S/C21H25FN2O2S/c1-26-17-5-6-19(22)16(12-17)13-24-9-3-7-21(20(24)25)8-10-23(15-21)14-18-4-2-11-27-18/h2,4-6,11-12H,3,7-10,13-15H2,1H3/t21-/m1/s1. The Hall–Kier alpha value is -1.92. The Morgan fingerprint density at radius 2 is 2.11 bits per heavy atom. The van der Waals surface area contributed by atoms with Crippen LogP contribution in [-0.4, -0.2) is 42.5 Å². The van der Waals surface area contributed by atoms with Gasteiger partial charge in [-0.3, -0.25) is 9.69 Å². The number of hydrogen-bond donors (Lipinski definition) is 0. The fourth-order valence-electron chi connectivity index (χ4n) is 4.40. The number of likely N-dealkylation sites (tertiary alicyclic amines) is 2. The molecule has 2 fully saturated rings. The number of ether oxygens (including phenoxy) is 1. The highest BCUT2D eigenvalue weighted by Crippen LogP contribution is 2.41. The average molecular weight is 389 g/mol.